The Hall–Kier alpha value is -1.51. The predicted octanol–water partition coefficient (Wildman–Crippen LogP) is 3.26. The van der Waals surface area contributed by atoms with E-state index in [2.05, 4.69) is 5.32 Å². The van der Waals surface area contributed by atoms with Gasteiger partial charge in [-0.3, -0.25) is 4.79 Å². The molecule has 0 aliphatic heterocycles. The minimum atomic E-state index is -0.355. The first kappa shape index (κ1) is 13.6. The van der Waals surface area contributed by atoms with Gasteiger partial charge in [0.15, 0.2) is 0 Å². The lowest BCUT2D eigenvalue weighted by Crippen LogP contribution is -2.30. The maximum absolute atomic E-state index is 12.1. The SMILES string of the molecule is CCC(C)(C)C(=O)Nc1cc(N)c(C)cc1C. The third-order valence-electron chi connectivity index (χ3n) is 3.36. The number of anilines is 2. The summed E-state index contributed by atoms with van der Waals surface area (Å²) < 4.78 is 0. The first-order chi connectivity index (χ1) is 7.77. The van der Waals surface area contributed by atoms with E-state index < -0.39 is 0 Å². The average molecular weight is 234 g/mol. The fraction of sp³-hybridized carbons (Fsp3) is 0.500. The van der Waals surface area contributed by atoms with Crippen LogP contribution >= 0.6 is 0 Å². The van der Waals surface area contributed by atoms with Crippen LogP contribution < -0.4 is 11.1 Å². The van der Waals surface area contributed by atoms with Crippen LogP contribution in [0.3, 0.4) is 0 Å². The quantitative estimate of drug-likeness (QED) is 0.789. The molecule has 0 saturated heterocycles. The van der Waals surface area contributed by atoms with E-state index in [0.29, 0.717) is 5.69 Å². The molecule has 0 saturated carbocycles. The van der Waals surface area contributed by atoms with Crippen LogP contribution in [0.2, 0.25) is 0 Å². The van der Waals surface area contributed by atoms with Crippen LogP contribution in [0.1, 0.15) is 38.3 Å². The average Bonchev–Trinajstić information content (AvgIpc) is 2.25. The summed E-state index contributed by atoms with van der Waals surface area (Å²) in [5, 5.41) is 2.95. The minimum Gasteiger partial charge on any atom is -0.398 e. The summed E-state index contributed by atoms with van der Waals surface area (Å²) in [6.45, 7) is 9.82. The molecule has 0 aliphatic carbocycles. The number of nitrogens with two attached hydrogens (primary N) is 1. The summed E-state index contributed by atoms with van der Waals surface area (Å²) >= 11 is 0. The van der Waals surface area contributed by atoms with Gasteiger partial charge < -0.3 is 11.1 Å². The molecule has 0 aliphatic rings. The maximum atomic E-state index is 12.1. The number of carbonyl (C=O) groups is 1. The van der Waals surface area contributed by atoms with Gasteiger partial charge in [-0.25, -0.2) is 0 Å². The van der Waals surface area contributed by atoms with Gasteiger partial charge in [-0.15, -0.1) is 0 Å². The van der Waals surface area contributed by atoms with E-state index in [0.717, 1.165) is 23.2 Å². The number of carbonyl (C=O) groups excluding carboxylic acids is 1. The van der Waals surface area contributed by atoms with Gasteiger partial charge in [0.2, 0.25) is 5.91 Å². The molecule has 0 atom stereocenters. The lowest BCUT2D eigenvalue weighted by atomic mass is 9.89. The fourth-order valence-electron chi connectivity index (χ4n) is 1.46. The summed E-state index contributed by atoms with van der Waals surface area (Å²) in [7, 11) is 0. The standard InChI is InChI=1S/C14H22N2O/c1-6-14(4,5)13(17)16-12-8-11(15)9(2)7-10(12)3/h7-8H,6,15H2,1-5H3,(H,16,17). The summed E-state index contributed by atoms with van der Waals surface area (Å²) in [6.07, 6.45) is 0.805. The number of amides is 1. The largest absolute Gasteiger partial charge is 0.398 e. The molecule has 3 heteroatoms. The molecule has 0 spiro atoms. The summed E-state index contributed by atoms with van der Waals surface area (Å²) in [4.78, 5) is 12.1. The van der Waals surface area contributed by atoms with Crippen LogP contribution in [-0.4, -0.2) is 5.91 Å². The lowest BCUT2D eigenvalue weighted by Gasteiger charge is -2.22. The van der Waals surface area contributed by atoms with Gasteiger partial charge >= 0.3 is 0 Å². The van der Waals surface area contributed by atoms with Crippen LogP contribution in [0.5, 0.6) is 0 Å². The van der Waals surface area contributed by atoms with E-state index in [9.17, 15) is 4.79 Å². The molecule has 0 bridgehead atoms. The number of rotatable bonds is 3. The molecule has 1 aromatic rings. The zero-order chi connectivity index (χ0) is 13.2. The molecular formula is C14H22N2O. The molecule has 1 aromatic carbocycles. The Morgan fingerprint density at radius 2 is 1.88 bits per heavy atom. The van der Waals surface area contributed by atoms with Crippen LogP contribution in [0.25, 0.3) is 0 Å². The Balaban J connectivity index is 2.97. The molecule has 0 unspecified atom stereocenters. The first-order valence-corrected chi connectivity index (χ1v) is 5.96. The summed E-state index contributed by atoms with van der Waals surface area (Å²) in [5.41, 5.74) is 9.09. The molecule has 1 rings (SSSR count). The van der Waals surface area contributed by atoms with E-state index in [1.54, 1.807) is 0 Å². The van der Waals surface area contributed by atoms with Gasteiger partial charge in [0.05, 0.1) is 0 Å². The van der Waals surface area contributed by atoms with E-state index in [1.165, 1.54) is 0 Å². The predicted molar refractivity (Wildman–Crippen MR) is 73.0 cm³/mol. The summed E-state index contributed by atoms with van der Waals surface area (Å²) in [6, 6.07) is 3.82. The summed E-state index contributed by atoms with van der Waals surface area (Å²) in [5.74, 6) is 0.0337. The van der Waals surface area contributed by atoms with Crippen molar-refractivity contribution in [2.75, 3.05) is 11.1 Å². The molecule has 1 amide bonds. The number of nitrogens with one attached hydrogen (secondary N) is 1. The third-order valence-corrected chi connectivity index (χ3v) is 3.36. The van der Waals surface area contributed by atoms with Gasteiger partial charge in [0.25, 0.3) is 0 Å². The monoisotopic (exact) mass is 234 g/mol. The van der Waals surface area contributed by atoms with E-state index >= 15 is 0 Å². The smallest absolute Gasteiger partial charge is 0.230 e. The van der Waals surface area contributed by atoms with Crippen molar-refractivity contribution in [1.29, 1.82) is 0 Å². The topological polar surface area (TPSA) is 55.1 Å². The van der Waals surface area contributed by atoms with Crippen molar-refractivity contribution in [2.45, 2.75) is 41.0 Å². The lowest BCUT2D eigenvalue weighted by molar-refractivity contribution is -0.124. The molecule has 3 N–H and O–H groups in total. The van der Waals surface area contributed by atoms with Crippen LogP contribution in [0, 0.1) is 19.3 Å². The van der Waals surface area contributed by atoms with Crippen molar-refractivity contribution in [1.82, 2.24) is 0 Å². The number of aryl methyl sites for hydroxylation is 2. The Labute approximate surface area is 103 Å². The molecule has 17 heavy (non-hydrogen) atoms. The molecule has 0 radical (unpaired) electrons. The molecule has 0 fully saturated rings. The van der Waals surface area contributed by atoms with Gasteiger partial charge in [-0.05, 0) is 37.5 Å². The Bertz CT molecular complexity index is 436. The molecule has 0 heterocycles. The minimum absolute atomic E-state index is 0.0337. The van der Waals surface area contributed by atoms with Crippen LogP contribution in [-0.2, 0) is 4.79 Å². The Morgan fingerprint density at radius 1 is 1.29 bits per heavy atom. The third kappa shape index (κ3) is 2.99. The highest BCUT2D eigenvalue weighted by Crippen LogP contribution is 2.26. The van der Waals surface area contributed by atoms with Crippen molar-refractivity contribution >= 4 is 17.3 Å². The maximum Gasteiger partial charge on any atom is 0.230 e. The highest BCUT2D eigenvalue weighted by molar-refractivity contribution is 5.95. The Morgan fingerprint density at radius 3 is 2.41 bits per heavy atom. The van der Waals surface area contributed by atoms with Crippen LogP contribution in [0.4, 0.5) is 11.4 Å². The van der Waals surface area contributed by atoms with Gasteiger partial charge in [0.1, 0.15) is 0 Å². The normalized spacial score (nSPS) is 11.4. The van der Waals surface area contributed by atoms with Crippen molar-refractivity contribution in [3.05, 3.63) is 23.3 Å². The van der Waals surface area contributed by atoms with Crippen molar-refractivity contribution < 1.29 is 4.79 Å². The zero-order valence-corrected chi connectivity index (χ0v) is 11.3. The molecule has 0 aromatic heterocycles. The van der Waals surface area contributed by atoms with E-state index in [-0.39, 0.29) is 11.3 Å². The second kappa shape index (κ2) is 4.78. The van der Waals surface area contributed by atoms with Gasteiger partial charge in [-0.2, -0.15) is 0 Å². The number of hydrogen-bond donors (Lipinski definition) is 2. The molecular weight excluding hydrogens is 212 g/mol. The molecule has 3 nitrogen and oxygen atoms in total. The number of hydrogen-bond acceptors (Lipinski definition) is 2. The highest BCUT2D eigenvalue weighted by Gasteiger charge is 2.25. The van der Waals surface area contributed by atoms with Crippen molar-refractivity contribution in [3.63, 3.8) is 0 Å². The second-order valence-corrected chi connectivity index (χ2v) is 5.22. The van der Waals surface area contributed by atoms with Crippen LogP contribution in [0.15, 0.2) is 12.1 Å². The van der Waals surface area contributed by atoms with Gasteiger partial charge in [-0.1, -0.05) is 26.8 Å². The zero-order valence-electron chi connectivity index (χ0n) is 11.3. The highest BCUT2D eigenvalue weighted by atomic mass is 16.2. The van der Waals surface area contributed by atoms with Crippen molar-refractivity contribution in [2.24, 2.45) is 5.41 Å². The van der Waals surface area contributed by atoms with E-state index in [1.807, 2.05) is 46.8 Å². The first-order valence-electron chi connectivity index (χ1n) is 5.96. The van der Waals surface area contributed by atoms with Crippen molar-refractivity contribution in [3.8, 4) is 0 Å². The Kier molecular flexibility index (Phi) is 3.81. The van der Waals surface area contributed by atoms with Gasteiger partial charge in [0, 0.05) is 16.8 Å². The number of nitrogen functional groups attached to an aromatic ring is 1. The molecule has 94 valence electrons. The van der Waals surface area contributed by atoms with E-state index in [4.69, 9.17) is 5.73 Å². The number of benzene rings is 1. The fourth-order valence-corrected chi connectivity index (χ4v) is 1.46. The second-order valence-electron chi connectivity index (χ2n) is 5.22.